The molecule has 3 fully saturated rings. The summed E-state index contributed by atoms with van der Waals surface area (Å²) in [5.41, 5.74) is 3.09. The van der Waals surface area contributed by atoms with Gasteiger partial charge in [0, 0.05) is 55.1 Å². The number of halogens is 2. The van der Waals surface area contributed by atoms with Crippen LogP contribution in [0.4, 0.5) is 19.6 Å². The van der Waals surface area contributed by atoms with E-state index in [4.69, 9.17) is 10.1 Å². The number of aliphatic hydroxyl groups is 1. The Bertz CT molecular complexity index is 1500. The van der Waals surface area contributed by atoms with Gasteiger partial charge in [0.2, 0.25) is 10.0 Å². The smallest absolute Gasteiger partial charge is 0.251 e. The first-order valence-corrected chi connectivity index (χ1v) is 15.9. The number of aliphatic hydroxyl groups excluding tert-OH is 1. The van der Waals surface area contributed by atoms with Crippen LogP contribution >= 0.6 is 11.3 Å². The summed E-state index contributed by atoms with van der Waals surface area (Å²) >= 11 is 1.44. The Morgan fingerprint density at radius 1 is 1.07 bits per heavy atom. The molecule has 10 nitrogen and oxygen atoms in total. The summed E-state index contributed by atoms with van der Waals surface area (Å²) in [6.07, 6.45) is 6.07. The molecule has 0 bridgehead atoms. The van der Waals surface area contributed by atoms with E-state index >= 15 is 0 Å². The first-order valence-electron chi connectivity index (χ1n) is 13.5. The van der Waals surface area contributed by atoms with E-state index in [0.29, 0.717) is 27.6 Å². The normalized spacial score (nSPS) is 21.1. The molecule has 3 aliphatic rings. The average Bonchev–Trinajstić information content (AvgIpc) is 3.29. The number of alkyl halides is 2. The van der Waals surface area contributed by atoms with Gasteiger partial charge >= 0.3 is 0 Å². The Morgan fingerprint density at radius 3 is 2.38 bits per heavy atom. The Labute approximate surface area is 235 Å². The van der Waals surface area contributed by atoms with Crippen molar-refractivity contribution in [2.24, 2.45) is 10.6 Å². The number of aryl methyl sites for hydroxylation is 1. The highest BCUT2D eigenvalue weighted by Crippen LogP contribution is 2.54. The van der Waals surface area contributed by atoms with E-state index in [9.17, 15) is 22.3 Å². The second kappa shape index (κ2) is 10.00. The SMILES string of the molecule is Cc1sc(N2CCC(F)(F)CC2)nc1-n1cc(-c2ccc(C(CO)S(N)(=O)=O)cc2N2CCC3(CC2)CC3)nn1. The quantitative estimate of drug-likeness (QED) is 0.425. The van der Waals surface area contributed by atoms with Gasteiger partial charge in [0.05, 0.1) is 12.8 Å². The Morgan fingerprint density at radius 2 is 1.75 bits per heavy atom. The molecule has 1 aliphatic carbocycles. The summed E-state index contributed by atoms with van der Waals surface area (Å²) in [6.45, 7) is 3.49. The topological polar surface area (TPSA) is 130 Å². The van der Waals surface area contributed by atoms with Crippen LogP contribution in [0.3, 0.4) is 0 Å². The number of anilines is 2. The van der Waals surface area contributed by atoms with Gasteiger partial charge in [-0.05, 0) is 49.7 Å². The molecule has 0 amide bonds. The lowest BCUT2D eigenvalue weighted by Gasteiger charge is -2.35. The molecule has 3 N–H and O–H groups in total. The van der Waals surface area contributed by atoms with E-state index in [0.717, 1.165) is 42.1 Å². The van der Waals surface area contributed by atoms with Crippen LogP contribution in [0.25, 0.3) is 17.1 Å². The molecule has 1 saturated carbocycles. The molecular weight excluding hydrogens is 560 g/mol. The van der Waals surface area contributed by atoms with Gasteiger partial charge in [-0.25, -0.2) is 32.0 Å². The van der Waals surface area contributed by atoms with E-state index in [1.807, 2.05) is 17.9 Å². The minimum absolute atomic E-state index is 0.187. The molecule has 2 aromatic heterocycles. The van der Waals surface area contributed by atoms with Crippen LogP contribution in [-0.4, -0.2) is 72.2 Å². The number of primary sulfonamides is 1. The zero-order valence-electron chi connectivity index (χ0n) is 22.3. The summed E-state index contributed by atoms with van der Waals surface area (Å²) in [4.78, 5) is 9.74. The number of aromatic nitrogens is 4. The molecule has 2 aliphatic heterocycles. The molecule has 40 heavy (non-hydrogen) atoms. The van der Waals surface area contributed by atoms with Gasteiger partial charge in [-0.1, -0.05) is 28.7 Å². The molecular formula is C26H33F2N7O3S2. The number of rotatable bonds is 7. The fourth-order valence-electron chi connectivity index (χ4n) is 5.76. The third-order valence-corrected chi connectivity index (χ3v) is 10.8. The van der Waals surface area contributed by atoms with E-state index < -0.39 is 27.8 Å². The number of thiazole rings is 1. The number of benzene rings is 1. The van der Waals surface area contributed by atoms with Crippen molar-refractivity contribution in [3.05, 3.63) is 34.8 Å². The molecule has 1 spiro atoms. The summed E-state index contributed by atoms with van der Waals surface area (Å²) in [6, 6.07) is 5.26. The molecule has 1 atom stereocenters. The van der Waals surface area contributed by atoms with Crippen molar-refractivity contribution in [3.63, 3.8) is 0 Å². The first kappa shape index (κ1) is 27.5. The Balaban J connectivity index is 1.32. The van der Waals surface area contributed by atoms with Gasteiger partial charge in [0.1, 0.15) is 10.9 Å². The van der Waals surface area contributed by atoms with Gasteiger partial charge < -0.3 is 14.9 Å². The van der Waals surface area contributed by atoms with Gasteiger partial charge in [-0.15, -0.1) is 5.10 Å². The predicted molar refractivity (Wildman–Crippen MR) is 150 cm³/mol. The maximum Gasteiger partial charge on any atom is 0.251 e. The molecule has 2 saturated heterocycles. The molecule has 3 aromatic rings. The lowest BCUT2D eigenvalue weighted by molar-refractivity contribution is -0.0220. The van der Waals surface area contributed by atoms with Crippen molar-refractivity contribution >= 4 is 32.2 Å². The van der Waals surface area contributed by atoms with Gasteiger partial charge in [0.25, 0.3) is 5.92 Å². The number of hydrogen-bond acceptors (Lipinski definition) is 9. The number of nitrogens with zero attached hydrogens (tertiary/aromatic N) is 6. The summed E-state index contributed by atoms with van der Waals surface area (Å²) < 4.78 is 53.2. The van der Waals surface area contributed by atoms with Crippen LogP contribution in [0, 0.1) is 12.3 Å². The van der Waals surface area contributed by atoms with E-state index in [1.54, 1.807) is 23.0 Å². The second-order valence-electron chi connectivity index (χ2n) is 11.3. The van der Waals surface area contributed by atoms with E-state index in [1.165, 1.54) is 24.2 Å². The summed E-state index contributed by atoms with van der Waals surface area (Å²) in [7, 11) is -4.01. The molecule has 216 valence electrons. The van der Waals surface area contributed by atoms with Gasteiger partial charge in [-0.3, -0.25) is 0 Å². The average molecular weight is 594 g/mol. The summed E-state index contributed by atoms with van der Waals surface area (Å²) in [5, 5.41) is 23.5. The highest BCUT2D eigenvalue weighted by Gasteiger charge is 2.44. The summed E-state index contributed by atoms with van der Waals surface area (Å²) in [5.74, 6) is -2.03. The van der Waals surface area contributed by atoms with Crippen molar-refractivity contribution in [2.45, 2.75) is 56.6 Å². The number of sulfonamides is 1. The molecule has 1 unspecified atom stereocenters. The molecule has 0 radical (unpaired) electrons. The van der Waals surface area contributed by atoms with Crippen LogP contribution in [0.5, 0.6) is 0 Å². The lowest BCUT2D eigenvalue weighted by Crippen LogP contribution is -2.39. The number of nitrogens with two attached hydrogens (primary N) is 1. The zero-order chi connectivity index (χ0) is 28.3. The Kier molecular flexibility index (Phi) is 6.87. The van der Waals surface area contributed by atoms with E-state index in [2.05, 4.69) is 15.2 Å². The molecule has 14 heteroatoms. The van der Waals surface area contributed by atoms with Crippen molar-refractivity contribution in [1.29, 1.82) is 0 Å². The first-order chi connectivity index (χ1) is 19.0. The maximum atomic E-state index is 13.6. The number of hydrogen-bond donors (Lipinski definition) is 2. The van der Waals surface area contributed by atoms with Crippen molar-refractivity contribution in [1.82, 2.24) is 20.0 Å². The zero-order valence-corrected chi connectivity index (χ0v) is 23.9. The lowest BCUT2D eigenvalue weighted by atomic mass is 9.92. The van der Waals surface area contributed by atoms with Crippen LogP contribution < -0.4 is 14.9 Å². The van der Waals surface area contributed by atoms with Crippen molar-refractivity contribution in [3.8, 4) is 17.1 Å². The number of piperidine rings is 2. The maximum absolute atomic E-state index is 13.6. The highest BCUT2D eigenvalue weighted by atomic mass is 32.2. The fraction of sp³-hybridized carbons (Fsp3) is 0.577. The van der Waals surface area contributed by atoms with Crippen molar-refractivity contribution in [2.75, 3.05) is 42.6 Å². The van der Waals surface area contributed by atoms with E-state index in [-0.39, 0.29) is 25.9 Å². The fourth-order valence-corrected chi connectivity index (χ4v) is 7.45. The standard InChI is InChI=1S/C26H33F2N7O3S2/c1-17-23(30-24(39-17)34-12-8-26(27,28)9-13-34)35-15-20(31-32-35)19-3-2-18(22(16-36)40(29,37)38)14-21(19)33-10-6-25(4-5-25)7-11-33/h2-3,14-15,22,36H,4-13,16H2,1H3,(H2,29,37,38). The van der Waals surface area contributed by atoms with Crippen LogP contribution in [0.1, 0.15) is 54.2 Å². The van der Waals surface area contributed by atoms with Crippen LogP contribution in [0.15, 0.2) is 24.4 Å². The van der Waals surface area contributed by atoms with Gasteiger partial charge in [0.15, 0.2) is 10.9 Å². The second-order valence-corrected chi connectivity index (χ2v) is 14.2. The van der Waals surface area contributed by atoms with Crippen molar-refractivity contribution < 1.29 is 22.3 Å². The third kappa shape index (κ3) is 5.33. The molecule has 4 heterocycles. The van der Waals surface area contributed by atoms with Gasteiger partial charge in [-0.2, -0.15) is 0 Å². The third-order valence-electron chi connectivity index (χ3n) is 8.59. The Hall–Kier alpha value is -2.68. The molecule has 6 rings (SSSR count). The molecule has 1 aromatic carbocycles. The van der Waals surface area contributed by atoms with Crippen LogP contribution in [-0.2, 0) is 10.0 Å². The largest absolute Gasteiger partial charge is 0.395 e. The minimum atomic E-state index is -4.01. The monoisotopic (exact) mass is 593 g/mol. The van der Waals surface area contributed by atoms with Crippen LogP contribution in [0.2, 0.25) is 0 Å². The minimum Gasteiger partial charge on any atom is -0.395 e. The highest BCUT2D eigenvalue weighted by molar-refractivity contribution is 7.89. The predicted octanol–water partition coefficient (Wildman–Crippen LogP) is 3.64.